The van der Waals surface area contributed by atoms with Gasteiger partial charge in [0.15, 0.2) is 5.78 Å². The van der Waals surface area contributed by atoms with E-state index in [0.29, 0.717) is 5.56 Å². The molecule has 0 bridgehead atoms. The number of ether oxygens (including phenoxy) is 1. The summed E-state index contributed by atoms with van der Waals surface area (Å²) in [6.07, 6.45) is 1.43. The molecule has 0 aliphatic rings. The van der Waals surface area contributed by atoms with Crippen LogP contribution in [0.4, 0.5) is 0 Å². The summed E-state index contributed by atoms with van der Waals surface area (Å²) in [4.78, 5) is 37.0. The highest BCUT2D eigenvalue weighted by Gasteiger charge is 2.24. The van der Waals surface area contributed by atoms with Gasteiger partial charge in [0.25, 0.3) is 5.56 Å². The Hall–Kier alpha value is -2.69. The highest BCUT2D eigenvalue weighted by molar-refractivity contribution is 6.14. The molecule has 1 heterocycles. The van der Waals surface area contributed by atoms with Gasteiger partial charge in [-0.05, 0) is 20.8 Å². The van der Waals surface area contributed by atoms with Gasteiger partial charge in [-0.15, -0.1) is 0 Å². The minimum Gasteiger partial charge on any atom is -0.465 e. The lowest BCUT2D eigenvalue weighted by atomic mass is 9.99. The van der Waals surface area contributed by atoms with Crippen molar-refractivity contribution < 1.29 is 14.3 Å². The second kappa shape index (κ2) is 6.20. The zero-order chi connectivity index (χ0) is 17.2. The first-order valence-electron chi connectivity index (χ1n) is 7.21. The van der Waals surface area contributed by atoms with Crippen molar-refractivity contribution in [3.63, 3.8) is 0 Å². The van der Waals surface area contributed by atoms with E-state index < -0.39 is 11.5 Å². The third-order valence-corrected chi connectivity index (χ3v) is 3.46. The van der Waals surface area contributed by atoms with Gasteiger partial charge < -0.3 is 9.30 Å². The average Bonchev–Trinajstić information content (AvgIpc) is 2.52. The van der Waals surface area contributed by atoms with Crippen LogP contribution < -0.4 is 5.56 Å². The van der Waals surface area contributed by atoms with E-state index in [0.717, 1.165) is 6.07 Å². The molecule has 0 aliphatic heterocycles. The lowest BCUT2D eigenvalue weighted by molar-refractivity contribution is 0.0596. The molecule has 0 N–H and O–H groups in total. The molecule has 23 heavy (non-hydrogen) atoms. The molecule has 120 valence electrons. The van der Waals surface area contributed by atoms with Crippen molar-refractivity contribution >= 4 is 11.8 Å². The van der Waals surface area contributed by atoms with Crippen molar-refractivity contribution in [3.8, 4) is 0 Å². The van der Waals surface area contributed by atoms with Gasteiger partial charge in [0, 0.05) is 23.4 Å². The number of methoxy groups -OCH3 is 1. The van der Waals surface area contributed by atoms with E-state index in [1.165, 1.54) is 17.9 Å². The largest absolute Gasteiger partial charge is 0.465 e. The predicted octanol–water partition coefficient (Wildman–Crippen LogP) is 2.62. The molecule has 0 unspecified atom stereocenters. The van der Waals surface area contributed by atoms with Crippen LogP contribution in [0.2, 0.25) is 0 Å². The van der Waals surface area contributed by atoms with E-state index >= 15 is 0 Å². The number of benzene rings is 1. The average molecular weight is 313 g/mol. The molecule has 0 radical (unpaired) electrons. The van der Waals surface area contributed by atoms with Crippen LogP contribution in [0.25, 0.3) is 0 Å². The van der Waals surface area contributed by atoms with Crippen molar-refractivity contribution in [2.75, 3.05) is 7.11 Å². The molecule has 2 aromatic rings. The maximum Gasteiger partial charge on any atom is 0.338 e. The van der Waals surface area contributed by atoms with Gasteiger partial charge in [0.1, 0.15) is 0 Å². The summed E-state index contributed by atoms with van der Waals surface area (Å²) in [7, 11) is 1.22. The lowest BCUT2D eigenvalue weighted by Crippen LogP contribution is -2.35. The Labute approximate surface area is 134 Å². The predicted molar refractivity (Wildman–Crippen MR) is 86.9 cm³/mol. The SMILES string of the molecule is COC(=O)c1cc(=O)n(C(C)(C)C)cc1C(=O)c1ccccc1. The summed E-state index contributed by atoms with van der Waals surface area (Å²) in [6, 6.07) is 9.77. The number of pyridine rings is 1. The van der Waals surface area contributed by atoms with Gasteiger partial charge in [-0.1, -0.05) is 30.3 Å². The number of hydrogen-bond donors (Lipinski definition) is 0. The summed E-state index contributed by atoms with van der Waals surface area (Å²) >= 11 is 0. The second-order valence-corrected chi connectivity index (χ2v) is 6.17. The molecule has 5 nitrogen and oxygen atoms in total. The minimum absolute atomic E-state index is 0.0214. The van der Waals surface area contributed by atoms with Gasteiger partial charge >= 0.3 is 5.97 Å². The van der Waals surface area contributed by atoms with Crippen LogP contribution in [-0.4, -0.2) is 23.4 Å². The first-order chi connectivity index (χ1) is 10.8. The third kappa shape index (κ3) is 3.39. The van der Waals surface area contributed by atoms with Crippen molar-refractivity contribution in [2.24, 2.45) is 0 Å². The molecule has 1 aromatic carbocycles. The van der Waals surface area contributed by atoms with Crippen molar-refractivity contribution in [1.29, 1.82) is 0 Å². The molecular weight excluding hydrogens is 294 g/mol. The summed E-state index contributed by atoms with van der Waals surface area (Å²) in [5, 5.41) is 0. The van der Waals surface area contributed by atoms with Gasteiger partial charge in [-0.3, -0.25) is 9.59 Å². The topological polar surface area (TPSA) is 65.4 Å². The highest BCUT2D eigenvalue weighted by atomic mass is 16.5. The molecular formula is C18H19NO4. The number of hydrogen-bond acceptors (Lipinski definition) is 4. The van der Waals surface area contributed by atoms with Crippen LogP contribution in [0.1, 0.15) is 47.1 Å². The van der Waals surface area contributed by atoms with Gasteiger partial charge in [0.05, 0.1) is 18.2 Å². The first kappa shape index (κ1) is 16.7. The standard InChI is InChI=1S/C18H19NO4/c1-18(2,3)19-11-14(13(10-15(19)20)17(22)23-4)16(21)12-8-6-5-7-9-12/h5-11H,1-4H3. The molecule has 0 spiro atoms. The molecule has 5 heteroatoms. The molecule has 2 rings (SSSR count). The Morgan fingerprint density at radius 2 is 1.65 bits per heavy atom. The molecule has 0 atom stereocenters. The van der Waals surface area contributed by atoms with Crippen LogP contribution in [0.15, 0.2) is 47.4 Å². The normalized spacial score (nSPS) is 11.1. The highest BCUT2D eigenvalue weighted by Crippen LogP contribution is 2.18. The Balaban J connectivity index is 2.71. The van der Waals surface area contributed by atoms with Crippen molar-refractivity contribution in [3.05, 3.63) is 69.6 Å². The van der Waals surface area contributed by atoms with Gasteiger partial charge in [-0.25, -0.2) is 4.79 Å². The zero-order valence-electron chi connectivity index (χ0n) is 13.6. The van der Waals surface area contributed by atoms with Crippen LogP contribution in [0.5, 0.6) is 0 Å². The molecule has 0 fully saturated rings. The number of rotatable bonds is 3. The molecule has 0 saturated heterocycles. The summed E-state index contributed by atoms with van der Waals surface area (Å²) in [5.74, 6) is -1.04. The fourth-order valence-corrected chi connectivity index (χ4v) is 2.26. The zero-order valence-corrected chi connectivity index (χ0v) is 13.6. The molecule has 0 aliphatic carbocycles. The number of aromatic nitrogens is 1. The van der Waals surface area contributed by atoms with E-state index in [4.69, 9.17) is 4.74 Å². The number of nitrogens with zero attached hydrogens (tertiary/aromatic N) is 1. The van der Waals surface area contributed by atoms with E-state index in [-0.39, 0.29) is 22.5 Å². The van der Waals surface area contributed by atoms with Crippen LogP contribution in [0.3, 0.4) is 0 Å². The van der Waals surface area contributed by atoms with E-state index in [1.807, 2.05) is 20.8 Å². The second-order valence-electron chi connectivity index (χ2n) is 6.17. The number of carbonyl (C=O) groups is 2. The molecule has 0 saturated carbocycles. The maximum atomic E-state index is 12.8. The van der Waals surface area contributed by atoms with Crippen LogP contribution in [-0.2, 0) is 10.3 Å². The summed E-state index contributed by atoms with van der Waals surface area (Å²) in [5.41, 5.74) is -0.305. The van der Waals surface area contributed by atoms with Crippen molar-refractivity contribution in [1.82, 2.24) is 4.57 Å². The van der Waals surface area contributed by atoms with Gasteiger partial charge in [0.2, 0.25) is 0 Å². The smallest absolute Gasteiger partial charge is 0.338 e. The Morgan fingerprint density at radius 3 is 2.17 bits per heavy atom. The maximum absolute atomic E-state index is 12.8. The van der Waals surface area contributed by atoms with E-state index in [2.05, 4.69) is 0 Å². The van der Waals surface area contributed by atoms with E-state index in [1.54, 1.807) is 30.3 Å². The number of carbonyl (C=O) groups excluding carboxylic acids is 2. The molecule has 1 aromatic heterocycles. The fourth-order valence-electron chi connectivity index (χ4n) is 2.26. The van der Waals surface area contributed by atoms with Gasteiger partial charge in [-0.2, -0.15) is 0 Å². The third-order valence-electron chi connectivity index (χ3n) is 3.46. The first-order valence-corrected chi connectivity index (χ1v) is 7.21. The Bertz CT molecular complexity index is 798. The van der Waals surface area contributed by atoms with Crippen LogP contribution in [0, 0.1) is 0 Å². The fraction of sp³-hybridized carbons (Fsp3) is 0.278. The summed E-state index contributed by atoms with van der Waals surface area (Å²) < 4.78 is 6.14. The molecule has 0 amide bonds. The quantitative estimate of drug-likeness (QED) is 0.645. The lowest BCUT2D eigenvalue weighted by Gasteiger charge is -2.23. The van der Waals surface area contributed by atoms with Crippen LogP contribution >= 0.6 is 0 Å². The number of esters is 1. The summed E-state index contributed by atoms with van der Waals surface area (Å²) in [6.45, 7) is 5.55. The monoisotopic (exact) mass is 313 g/mol. The van der Waals surface area contributed by atoms with Crippen molar-refractivity contribution in [2.45, 2.75) is 26.3 Å². The Kier molecular flexibility index (Phi) is 4.50. The Morgan fingerprint density at radius 1 is 1.04 bits per heavy atom. The minimum atomic E-state index is -0.706. The number of ketones is 1. The van der Waals surface area contributed by atoms with E-state index in [9.17, 15) is 14.4 Å².